The van der Waals surface area contributed by atoms with Crippen LogP contribution in [0.4, 0.5) is 4.39 Å². The molecule has 1 heterocycles. The zero-order valence-corrected chi connectivity index (χ0v) is 10.1. The maximum absolute atomic E-state index is 12.9. The molecule has 0 aliphatic heterocycles. The van der Waals surface area contributed by atoms with Crippen molar-refractivity contribution in [3.8, 4) is 0 Å². The monoisotopic (exact) mass is 248 g/mol. The molecular weight excluding hydrogens is 235 g/mol. The van der Waals surface area contributed by atoms with Crippen LogP contribution in [-0.4, -0.2) is 11.0 Å². The van der Waals surface area contributed by atoms with Crippen molar-refractivity contribution in [3.63, 3.8) is 0 Å². The maximum atomic E-state index is 12.9. The SMILES string of the molecule is Fc1ccc(C(NC2CC2)c2nccs2)cc1. The van der Waals surface area contributed by atoms with Gasteiger partial charge in [0.05, 0.1) is 6.04 Å². The summed E-state index contributed by atoms with van der Waals surface area (Å²) in [5, 5.41) is 6.57. The summed E-state index contributed by atoms with van der Waals surface area (Å²) < 4.78 is 12.9. The highest BCUT2D eigenvalue weighted by Gasteiger charge is 2.27. The Labute approximate surface area is 104 Å². The molecule has 0 amide bonds. The third-order valence-corrected chi connectivity index (χ3v) is 3.72. The molecule has 4 heteroatoms. The van der Waals surface area contributed by atoms with Crippen LogP contribution < -0.4 is 5.32 Å². The number of halogens is 1. The van der Waals surface area contributed by atoms with Gasteiger partial charge in [0.25, 0.3) is 0 Å². The summed E-state index contributed by atoms with van der Waals surface area (Å²) in [5.41, 5.74) is 1.08. The van der Waals surface area contributed by atoms with E-state index in [2.05, 4.69) is 10.3 Å². The van der Waals surface area contributed by atoms with E-state index in [9.17, 15) is 4.39 Å². The topological polar surface area (TPSA) is 24.9 Å². The highest BCUT2D eigenvalue weighted by molar-refractivity contribution is 7.09. The average molecular weight is 248 g/mol. The van der Waals surface area contributed by atoms with Crippen LogP contribution in [0.2, 0.25) is 0 Å². The molecule has 1 atom stereocenters. The highest BCUT2D eigenvalue weighted by Crippen LogP contribution is 2.29. The maximum Gasteiger partial charge on any atom is 0.123 e. The predicted octanol–water partition coefficient (Wildman–Crippen LogP) is 3.12. The van der Waals surface area contributed by atoms with Gasteiger partial charge in [-0.2, -0.15) is 0 Å². The van der Waals surface area contributed by atoms with Crippen LogP contribution in [0.15, 0.2) is 35.8 Å². The lowest BCUT2D eigenvalue weighted by Gasteiger charge is -2.16. The molecule has 0 saturated heterocycles. The van der Waals surface area contributed by atoms with Gasteiger partial charge < -0.3 is 5.32 Å². The Morgan fingerprint density at radius 3 is 2.65 bits per heavy atom. The molecule has 1 aliphatic rings. The second-order valence-corrected chi connectivity index (χ2v) is 5.22. The Bertz CT molecular complexity index is 477. The first-order valence-electron chi connectivity index (χ1n) is 5.74. The molecule has 0 bridgehead atoms. The number of hydrogen-bond acceptors (Lipinski definition) is 3. The van der Waals surface area contributed by atoms with E-state index in [1.54, 1.807) is 11.3 Å². The Morgan fingerprint density at radius 1 is 1.29 bits per heavy atom. The van der Waals surface area contributed by atoms with Crippen molar-refractivity contribution in [2.45, 2.75) is 24.9 Å². The van der Waals surface area contributed by atoms with Crippen LogP contribution in [0.3, 0.4) is 0 Å². The Morgan fingerprint density at radius 2 is 2.06 bits per heavy atom. The van der Waals surface area contributed by atoms with Crippen molar-refractivity contribution < 1.29 is 4.39 Å². The molecule has 88 valence electrons. The van der Waals surface area contributed by atoms with Gasteiger partial charge in [-0.25, -0.2) is 9.37 Å². The van der Waals surface area contributed by atoms with Crippen molar-refractivity contribution in [2.75, 3.05) is 0 Å². The lowest BCUT2D eigenvalue weighted by Crippen LogP contribution is -2.24. The van der Waals surface area contributed by atoms with Crippen LogP contribution >= 0.6 is 11.3 Å². The predicted molar refractivity (Wildman–Crippen MR) is 66.5 cm³/mol. The summed E-state index contributed by atoms with van der Waals surface area (Å²) in [5.74, 6) is -0.196. The van der Waals surface area contributed by atoms with Crippen LogP contribution in [0.25, 0.3) is 0 Å². The zero-order valence-electron chi connectivity index (χ0n) is 9.27. The number of thiazole rings is 1. The fraction of sp³-hybridized carbons (Fsp3) is 0.308. The average Bonchev–Trinajstić information content (AvgIpc) is 3.00. The number of nitrogens with one attached hydrogen (secondary N) is 1. The smallest absolute Gasteiger partial charge is 0.123 e. The van der Waals surface area contributed by atoms with Crippen LogP contribution in [0, 0.1) is 5.82 Å². The molecule has 1 unspecified atom stereocenters. The Kier molecular flexibility index (Phi) is 2.91. The lowest BCUT2D eigenvalue weighted by atomic mass is 10.1. The number of aromatic nitrogens is 1. The molecule has 1 aromatic carbocycles. The minimum atomic E-state index is -0.196. The first-order chi connectivity index (χ1) is 8.33. The van der Waals surface area contributed by atoms with Crippen molar-refractivity contribution in [3.05, 3.63) is 52.2 Å². The van der Waals surface area contributed by atoms with Crippen LogP contribution in [-0.2, 0) is 0 Å². The van der Waals surface area contributed by atoms with E-state index in [1.165, 1.54) is 25.0 Å². The van der Waals surface area contributed by atoms with Gasteiger partial charge in [-0.3, -0.25) is 0 Å². The standard InChI is InChI=1S/C13H13FN2S/c14-10-3-1-9(2-4-10)12(16-11-5-6-11)13-15-7-8-17-13/h1-4,7-8,11-12,16H,5-6H2. The van der Waals surface area contributed by atoms with Crippen molar-refractivity contribution >= 4 is 11.3 Å². The summed E-state index contributed by atoms with van der Waals surface area (Å²) >= 11 is 1.63. The Hall–Kier alpha value is -1.26. The van der Waals surface area contributed by atoms with Gasteiger partial charge in [0.1, 0.15) is 10.8 Å². The van der Waals surface area contributed by atoms with E-state index in [0.29, 0.717) is 6.04 Å². The van der Waals surface area contributed by atoms with E-state index in [-0.39, 0.29) is 11.9 Å². The van der Waals surface area contributed by atoms with Gasteiger partial charge in [0, 0.05) is 17.6 Å². The molecule has 2 aromatic rings. The molecule has 17 heavy (non-hydrogen) atoms. The fourth-order valence-corrected chi connectivity index (χ4v) is 2.55. The molecule has 0 spiro atoms. The number of rotatable bonds is 4. The van der Waals surface area contributed by atoms with Gasteiger partial charge in [-0.1, -0.05) is 12.1 Å². The van der Waals surface area contributed by atoms with Gasteiger partial charge in [0.2, 0.25) is 0 Å². The quantitative estimate of drug-likeness (QED) is 0.899. The first-order valence-corrected chi connectivity index (χ1v) is 6.62. The highest BCUT2D eigenvalue weighted by atomic mass is 32.1. The van der Waals surface area contributed by atoms with Crippen LogP contribution in [0.5, 0.6) is 0 Å². The second kappa shape index (κ2) is 4.55. The van der Waals surface area contributed by atoms with Gasteiger partial charge >= 0.3 is 0 Å². The molecule has 1 fully saturated rings. The lowest BCUT2D eigenvalue weighted by molar-refractivity contribution is 0.592. The molecule has 2 nitrogen and oxygen atoms in total. The van der Waals surface area contributed by atoms with Crippen molar-refractivity contribution in [1.29, 1.82) is 0 Å². The largest absolute Gasteiger partial charge is 0.301 e. The third kappa shape index (κ3) is 2.53. The molecule has 1 aromatic heterocycles. The fourth-order valence-electron chi connectivity index (χ4n) is 1.83. The van der Waals surface area contributed by atoms with Crippen molar-refractivity contribution in [1.82, 2.24) is 10.3 Å². The Balaban J connectivity index is 1.89. The van der Waals surface area contributed by atoms with E-state index >= 15 is 0 Å². The number of hydrogen-bond donors (Lipinski definition) is 1. The molecule has 0 radical (unpaired) electrons. The van der Waals surface area contributed by atoms with E-state index < -0.39 is 0 Å². The van der Waals surface area contributed by atoms with E-state index in [0.717, 1.165) is 10.6 Å². The zero-order chi connectivity index (χ0) is 11.7. The molecule has 1 saturated carbocycles. The second-order valence-electron chi connectivity index (χ2n) is 4.30. The summed E-state index contributed by atoms with van der Waals surface area (Å²) in [7, 11) is 0. The first kappa shape index (κ1) is 10.9. The van der Waals surface area contributed by atoms with E-state index in [4.69, 9.17) is 0 Å². The van der Waals surface area contributed by atoms with Crippen molar-refractivity contribution in [2.24, 2.45) is 0 Å². The molecule has 3 rings (SSSR count). The number of nitrogens with zero attached hydrogens (tertiary/aromatic N) is 1. The number of benzene rings is 1. The molecular formula is C13H13FN2S. The summed E-state index contributed by atoms with van der Waals surface area (Å²) in [6, 6.07) is 7.36. The van der Waals surface area contributed by atoms with Gasteiger partial charge in [-0.05, 0) is 30.5 Å². The minimum Gasteiger partial charge on any atom is -0.301 e. The molecule has 1 N–H and O–H groups in total. The summed E-state index contributed by atoms with van der Waals surface area (Å²) in [6.07, 6.45) is 4.26. The van der Waals surface area contributed by atoms with Gasteiger partial charge in [0.15, 0.2) is 0 Å². The van der Waals surface area contributed by atoms with E-state index in [1.807, 2.05) is 23.7 Å². The summed E-state index contributed by atoms with van der Waals surface area (Å²) in [4.78, 5) is 4.36. The minimum absolute atomic E-state index is 0.100. The van der Waals surface area contributed by atoms with Crippen LogP contribution in [0.1, 0.15) is 29.5 Å². The third-order valence-electron chi connectivity index (χ3n) is 2.88. The summed E-state index contributed by atoms with van der Waals surface area (Å²) in [6.45, 7) is 0. The normalized spacial score (nSPS) is 17.0. The molecule has 1 aliphatic carbocycles. The van der Waals surface area contributed by atoms with Gasteiger partial charge in [-0.15, -0.1) is 11.3 Å².